The van der Waals surface area contributed by atoms with E-state index in [0.29, 0.717) is 28.1 Å². The molecule has 0 atom stereocenters. The Bertz CT molecular complexity index is 1360. The summed E-state index contributed by atoms with van der Waals surface area (Å²) in [6.45, 7) is 1.58. The van der Waals surface area contributed by atoms with Crippen molar-refractivity contribution in [2.24, 2.45) is 0 Å². The Labute approximate surface area is 183 Å². The molecule has 7 nitrogen and oxygen atoms in total. The summed E-state index contributed by atoms with van der Waals surface area (Å²) in [6.07, 6.45) is 0. The van der Waals surface area contributed by atoms with Gasteiger partial charge in [0.1, 0.15) is 0 Å². The number of rotatable bonds is 5. The number of aryl methyl sites for hydroxylation is 1. The Kier molecular flexibility index (Phi) is 5.63. The first-order valence-corrected chi connectivity index (χ1v) is 9.88. The van der Waals surface area contributed by atoms with Gasteiger partial charge in [-0.2, -0.15) is 0 Å². The Balaban J connectivity index is 1.52. The third-order valence-electron chi connectivity index (χ3n) is 5.08. The van der Waals surface area contributed by atoms with Gasteiger partial charge < -0.3 is 10.6 Å². The minimum absolute atomic E-state index is 0.0475. The molecule has 0 spiro atoms. The highest BCUT2D eigenvalue weighted by atomic mass is 16.6. The fourth-order valence-electron chi connectivity index (χ4n) is 3.47. The molecule has 32 heavy (non-hydrogen) atoms. The van der Waals surface area contributed by atoms with Crippen LogP contribution in [0.15, 0.2) is 84.9 Å². The van der Waals surface area contributed by atoms with Gasteiger partial charge in [-0.1, -0.05) is 42.5 Å². The maximum absolute atomic E-state index is 12.8. The summed E-state index contributed by atoms with van der Waals surface area (Å²) in [7, 11) is 0. The van der Waals surface area contributed by atoms with Crippen LogP contribution in [0.4, 0.5) is 17.1 Å². The van der Waals surface area contributed by atoms with Crippen LogP contribution in [0.5, 0.6) is 0 Å². The molecule has 0 bridgehead atoms. The van der Waals surface area contributed by atoms with Crippen molar-refractivity contribution in [1.82, 2.24) is 0 Å². The fraction of sp³-hybridized carbons (Fsp3) is 0.0400. The Morgan fingerprint density at radius 1 is 0.781 bits per heavy atom. The highest BCUT2D eigenvalue weighted by Crippen LogP contribution is 2.24. The smallest absolute Gasteiger partial charge is 0.272 e. The van der Waals surface area contributed by atoms with Crippen molar-refractivity contribution in [3.05, 3.63) is 112 Å². The molecule has 4 aromatic rings. The van der Waals surface area contributed by atoms with Crippen LogP contribution in [0, 0.1) is 17.0 Å². The van der Waals surface area contributed by atoms with Gasteiger partial charge in [-0.3, -0.25) is 19.7 Å². The van der Waals surface area contributed by atoms with Crippen LogP contribution in [-0.2, 0) is 0 Å². The lowest BCUT2D eigenvalue weighted by atomic mass is 10.1. The molecule has 4 rings (SSSR count). The predicted octanol–water partition coefficient (Wildman–Crippen LogP) is 5.56. The van der Waals surface area contributed by atoms with Gasteiger partial charge in [0.25, 0.3) is 17.5 Å². The third kappa shape index (κ3) is 4.32. The highest BCUT2D eigenvalue weighted by Gasteiger charge is 2.15. The zero-order chi connectivity index (χ0) is 22.7. The van der Waals surface area contributed by atoms with E-state index in [4.69, 9.17) is 0 Å². The Hall–Kier alpha value is -4.52. The first-order valence-electron chi connectivity index (χ1n) is 9.88. The van der Waals surface area contributed by atoms with Crippen molar-refractivity contribution >= 4 is 39.6 Å². The molecule has 158 valence electrons. The molecule has 0 saturated carbocycles. The third-order valence-corrected chi connectivity index (χ3v) is 5.08. The van der Waals surface area contributed by atoms with Gasteiger partial charge in [0, 0.05) is 39.5 Å². The molecule has 0 aromatic heterocycles. The van der Waals surface area contributed by atoms with Crippen LogP contribution >= 0.6 is 0 Å². The van der Waals surface area contributed by atoms with Crippen molar-refractivity contribution in [2.75, 3.05) is 10.6 Å². The van der Waals surface area contributed by atoms with E-state index >= 15 is 0 Å². The number of hydrogen-bond acceptors (Lipinski definition) is 4. The number of nitro benzene ring substituents is 1. The molecule has 0 fully saturated rings. The van der Waals surface area contributed by atoms with Crippen LogP contribution in [-0.4, -0.2) is 16.7 Å². The molecular weight excluding hydrogens is 406 g/mol. The average Bonchev–Trinajstić information content (AvgIpc) is 2.79. The van der Waals surface area contributed by atoms with E-state index in [1.54, 1.807) is 31.2 Å². The normalized spacial score (nSPS) is 10.5. The van der Waals surface area contributed by atoms with Crippen LogP contribution in [0.1, 0.15) is 26.3 Å². The second-order valence-electron chi connectivity index (χ2n) is 7.27. The zero-order valence-corrected chi connectivity index (χ0v) is 17.2. The Morgan fingerprint density at radius 2 is 1.47 bits per heavy atom. The Morgan fingerprint density at radius 3 is 2.25 bits per heavy atom. The lowest BCUT2D eigenvalue weighted by Gasteiger charge is -2.10. The van der Waals surface area contributed by atoms with Gasteiger partial charge in [-0.05, 0) is 48.7 Å². The second kappa shape index (κ2) is 8.69. The van der Waals surface area contributed by atoms with E-state index in [1.807, 2.05) is 42.5 Å². The van der Waals surface area contributed by atoms with E-state index in [2.05, 4.69) is 10.6 Å². The van der Waals surface area contributed by atoms with Gasteiger partial charge in [0.15, 0.2) is 0 Å². The van der Waals surface area contributed by atoms with Gasteiger partial charge in [-0.25, -0.2) is 0 Å². The minimum atomic E-state index is -0.491. The summed E-state index contributed by atoms with van der Waals surface area (Å²) in [5.74, 6) is -0.724. The summed E-state index contributed by atoms with van der Waals surface area (Å²) in [6, 6.07) is 24.2. The molecule has 0 heterocycles. The lowest BCUT2D eigenvalue weighted by Crippen LogP contribution is -2.15. The van der Waals surface area contributed by atoms with Gasteiger partial charge >= 0.3 is 0 Å². The highest BCUT2D eigenvalue weighted by molar-refractivity contribution is 6.10. The van der Waals surface area contributed by atoms with Crippen LogP contribution in [0.3, 0.4) is 0 Å². The van der Waals surface area contributed by atoms with E-state index in [-0.39, 0.29) is 11.6 Å². The summed E-state index contributed by atoms with van der Waals surface area (Å²) in [5.41, 5.74) is 2.16. The maximum atomic E-state index is 12.8. The van der Waals surface area contributed by atoms with Crippen molar-refractivity contribution < 1.29 is 14.5 Å². The summed E-state index contributed by atoms with van der Waals surface area (Å²) >= 11 is 0. The molecule has 2 amide bonds. The van der Waals surface area contributed by atoms with Gasteiger partial charge in [0.2, 0.25) is 0 Å². The standard InChI is InChI=1S/C25H19N3O4/c1-16-14-19(12-13-23(16)28(31)32)24(29)26-20-9-4-8-18(15-20)25(30)27-22-11-5-7-17-6-2-3-10-21(17)22/h2-15H,1H3,(H,26,29)(H,27,30). The molecular formula is C25H19N3O4. The fourth-order valence-corrected chi connectivity index (χ4v) is 3.47. The molecule has 0 unspecified atom stereocenters. The number of carbonyl (C=O) groups excluding carboxylic acids is 2. The second-order valence-corrected chi connectivity index (χ2v) is 7.27. The first kappa shape index (κ1) is 20.7. The number of amides is 2. The number of anilines is 2. The zero-order valence-electron chi connectivity index (χ0n) is 17.2. The van der Waals surface area contributed by atoms with Crippen molar-refractivity contribution in [2.45, 2.75) is 6.92 Å². The maximum Gasteiger partial charge on any atom is 0.272 e. The molecule has 0 radical (unpaired) electrons. The molecule has 2 N–H and O–H groups in total. The largest absolute Gasteiger partial charge is 0.322 e. The topological polar surface area (TPSA) is 101 Å². The van der Waals surface area contributed by atoms with E-state index in [9.17, 15) is 19.7 Å². The van der Waals surface area contributed by atoms with Gasteiger partial charge in [-0.15, -0.1) is 0 Å². The van der Waals surface area contributed by atoms with Gasteiger partial charge in [0.05, 0.1) is 4.92 Å². The summed E-state index contributed by atoms with van der Waals surface area (Å²) in [4.78, 5) is 35.9. The number of nitro groups is 1. The molecule has 0 aliphatic heterocycles. The SMILES string of the molecule is Cc1cc(C(=O)Nc2cccc(C(=O)Nc3cccc4ccccc34)c2)ccc1[N+](=O)[O-]. The van der Waals surface area contributed by atoms with Crippen molar-refractivity contribution in [3.8, 4) is 0 Å². The monoisotopic (exact) mass is 425 g/mol. The van der Waals surface area contributed by atoms with Crippen LogP contribution in [0.2, 0.25) is 0 Å². The first-order chi connectivity index (χ1) is 15.4. The quantitative estimate of drug-likeness (QED) is 0.323. The van der Waals surface area contributed by atoms with Crippen LogP contribution in [0.25, 0.3) is 10.8 Å². The lowest BCUT2D eigenvalue weighted by molar-refractivity contribution is -0.385. The number of nitrogens with zero attached hydrogens (tertiary/aromatic N) is 1. The van der Waals surface area contributed by atoms with E-state index < -0.39 is 10.8 Å². The van der Waals surface area contributed by atoms with E-state index in [1.165, 1.54) is 18.2 Å². The molecule has 0 saturated heterocycles. The molecule has 7 heteroatoms. The number of nitrogens with one attached hydrogen (secondary N) is 2. The summed E-state index contributed by atoms with van der Waals surface area (Å²) in [5, 5.41) is 18.6. The summed E-state index contributed by atoms with van der Waals surface area (Å²) < 4.78 is 0. The number of benzene rings is 4. The van der Waals surface area contributed by atoms with E-state index in [0.717, 1.165) is 10.8 Å². The van der Waals surface area contributed by atoms with Crippen LogP contribution < -0.4 is 10.6 Å². The minimum Gasteiger partial charge on any atom is -0.322 e. The molecule has 4 aromatic carbocycles. The van der Waals surface area contributed by atoms with Crippen molar-refractivity contribution in [3.63, 3.8) is 0 Å². The molecule has 0 aliphatic rings. The average molecular weight is 425 g/mol. The predicted molar refractivity (Wildman–Crippen MR) is 124 cm³/mol. The number of carbonyl (C=O) groups is 2. The number of hydrogen-bond donors (Lipinski definition) is 2. The number of fused-ring (bicyclic) bond motifs is 1. The molecule has 0 aliphatic carbocycles. The van der Waals surface area contributed by atoms with Crippen molar-refractivity contribution in [1.29, 1.82) is 0 Å².